The molecule has 10 heteroatoms. The Labute approximate surface area is 228 Å². The molecule has 0 spiro atoms. The highest BCUT2D eigenvalue weighted by atomic mass is 16.4. The molecule has 0 bridgehead atoms. The van der Waals surface area contributed by atoms with Crippen LogP contribution in [0.4, 0.5) is 4.79 Å². The molecule has 2 aromatic rings. The van der Waals surface area contributed by atoms with Crippen molar-refractivity contribution < 1.29 is 29.1 Å². The van der Waals surface area contributed by atoms with E-state index in [1.807, 2.05) is 56.3 Å². The van der Waals surface area contributed by atoms with Crippen molar-refractivity contribution >= 4 is 40.9 Å². The van der Waals surface area contributed by atoms with Crippen LogP contribution in [-0.2, 0) is 25.6 Å². The monoisotopic (exact) mass is 538 g/mol. The summed E-state index contributed by atoms with van der Waals surface area (Å²) in [5, 5.41) is 22.1. The second kappa shape index (κ2) is 14.3. The van der Waals surface area contributed by atoms with Crippen LogP contribution in [0.25, 0.3) is 10.8 Å². The third-order valence-corrected chi connectivity index (χ3v) is 6.97. The van der Waals surface area contributed by atoms with Crippen molar-refractivity contribution in [1.29, 1.82) is 0 Å². The van der Waals surface area contributed by atoms with Gasteiger partial charge in [0.05, 0.1) is 0 Å². The minimum absolute atomic E-state index is 0.0547. The van der Waals surface area contributed by atoms with Crippen LogP contribution in [-0.4, -0.2) is 59.9 Å². The first-order valence-corrected chi connectivity index (χ1v) is 13.5. The number of carbonyl (C=O) groups is 5. The van der Waals surface area contributed by atoms with Crippen molar-refractivity contribution in [2.45, 2.75) is 70.5 Å². The Bertz CT molecular complexity index is 1180. The minimum atomic E-state index is -1.34. The van der Waals surface area contributed by atoms with Gasteiger partial charge in [0, 0.05) is 31.3 Å². The van der Waals surface area contributed by atoms with E-state index in [-0.39, 0.29) is 30.6 Å². The van der Waals surface area contributed by atoms with Gasteiger partial charge in [-0.2, -0.15) is 0 Å². The lowest BCUT2D eigenvalue weighted by Crippen LogP contribution is -2.55. The fraction of sp³-hybridized carbons (Fsp3) is 0.483. The Morgan fingerprint density at radius 3 is 2.41 bits per heavy atom. The number of hydrogen-bond donors (Lipinski definition) is 5. The SMILES string of the molecule is CC(C)CC(NC(=O)C(Cc1cccc2ccccc12)NC(=O)O)C(=O)NC(CCC=O)C[C@@H]1CCNC1=O. The van der Waals surface area contributed by atoms with Crippen LogP contribution in [0.1, 0.15) is 51.5 Å². The highest BCUT2D eigenvalue weighted by Crippen LogP contribution is 2.21. The summed E-state index contributed by atoms with van der Waals surface area (Å²) in [6, 6.07) is 10.8. The Kier molecular flexibility index (Phi) is 10.8. The van der Waals surface area contributed by atoms with E-state index in [2.05, 4.69) is 21.3 Å². The fourth-order valence-electron chi connectivity index (χ4n) is 5.06. The fourth-order valence-corrected chi connectivity index (χ4v) is 5.06. The van der Waals surface area contributed by atoms with E-state index in [0.717, 1.165) is 22.6 Å². The number of carboxylic acid groups (broad SMARTS) is 1. The van der Waals surface area contributed by atoms with Crippen LogP contribution in [0.3, 0.4) is 0 Å². The predicted molar refractivity (Wildman–Crippen MR) is 147 cm³/mol. The van der Waals surface area contributed by atoms with Gasteiger partial charge in [0.2, 0.25) is 17.7 Å². The minimum Gasteiger partial charge on any atom is -0.465 e. The summed E-state index contributed by atoms with van der Waals surface area (Å²) < 4.78 is 0. The molecule has 1 aliphatic rings. The predicted octanol–water partition coefficient (Wildman–Crippen LogP) is 2.54. The number of hydrogen-bond acceptors (Lipinski definition) is 5. The van der Waals surface area contributed by atoms with Crippen LogP contribution in [0.15, 0.2) is 42.5 Å². The van der Waals surface area contributed by atoms with Gasteiger partial charge in [-0.1, -0.05) is 56.3 Å². The highest BCUT2D eigenvalue weighted by Gasteiger charge is 2.31. The van der Waals surface area contributed by atoms with Crippen molar-refractivity contribution in [2.24, 2.45) is 11.8 Å². The molecular formula is C29H38N4O6. The lowest BCUT2D eigenvalue weighted by Gasteiger charge is -2.27. The summed E-state index contributed by atoms with van der Waals surface area (Å²) in [7, 11) is 0. The van der Waals surface area contributed by atoms with E-state index in [1.54, 1.807) is 0 Å². The molecule has 3 unspecified atom stereocenters. The highest BCUT2D eigenvalue weighted by molar-refractivity contribution is 5.92. The van der Waals surface area contributed by atoms with Crippen molar-refractivity contribution in [1.82, 2.24) is 21.3 Å². The molecular weight excluding hydrogens is 500 g/mol. The van der Waals surface area contributed by atoms with Crippen LogP contribution < -0.4 is 21.3 Å². The number of amides is 4. The van der Waals surface area contributed by atoms with Gasteiger partial charge in [0.1, 0.15) is 18.4 Å². The maximum atomic E-state index is 13.4. The van der Waals surface area contributed by atoms with Crippen molar-refractivity contribution in [3.05, 3.63) is 48.0 Å². The third-order valence-electron chi connectivity index (χ3n) is 6.97. The van der Waals surface area contributed by atoms with Gasteiger partial charge < -0.3 is 31.2 Å². The quantitative estimate of drug-likeness (QED) is 0.233. The van der Waals surface area contributed by atoms with Gasteiger partial charge in [-0.3, -0.25) is 14.4 Å². The first-order valence-electron chi connectivity index (χ1n) is 13.5. The summed E-state index contributed by atoms with van der Waals surface area (Å²) in [5.41, 5.74) is 0.802. The molecule has 210 valence electrons. The smallest absolute Gasteiger partial charge is 0.405 e. The molecule has 0 aliphatic carbocycles. The van der Waals surface area contributed by atoms with Crippen LogP contribution in [0, 0.1) is 11.8 Å². The van der Waals surface area contributed by atoms with Gasteiger partial charge in [-0.15, -0.1) is 0 Å². The molecule has 0 radical (unpaired) electrons. The number of carbonyl (C=O) groups excluding carboxylic acids is 4. The van der Waals surface area contributed by atoms with Gasteiger partial charge in [-0.05, 0) is 47.9 Å². The van der Waals surface area contributed by atoms with E-state index in [4.69, 9.17) is 0 Å². The lowest BCUT2D eigenvalue weighted by molar-refractivity contribution is -0.131. The third kappa shape index (κ3) is 8.80. The molecule has 1 heterocycles. The molecule has 3 rings (SSSR count). The number of fused-ring (bicyclic) bond motifs is 1. The number of nitrogens with one attached hydrogen (secondary N) is 4. The first-order chi connectivity index (χ1) is 18.7. The maximum absolute atomic E-state index is 13.4. The summed E-state index contributed by atoms with van der Waals surface area (Å²) in [6.07, 6.45) is 1.54. The van der Waals surface area contributed by atoms with E-state index in [9.17, 15) is 29.1 Å². The molecule has 4 atom stereocenters. The molecule has 0 saturated carbocycles. The molecule has 39 heavy (non-hydrogen) atoms. The number of benzene rings is 2. The molecule has 0 aromatic heterocycles. The molecule has 4 amide bonds. The molecule has 5 N–H and O–H groups in total. The molecule has 1 saturated heterocycles. The Hall–Kier alpha value is -3.95. The molecule has 1 aliphatic heterocycles. The molecule has 1 fully saturated rings. The average Bonchev–Trinajstić information content (AvgIpc) is 3.30. The van der Waals surface area contributed by atoms with Crippen LogP contribution >= 0.6 is 0 Å². The van der Waals surface area contributed by atoms with Gasteiger partial charge in [0.25, 0.3) is 0 Å². The van der Waals surface area contributed by atoms with Gasteiger partial charge in [-0.25, -0.2) is 4.79 Å². The van der Waals surface area contributed by atoms with E-state index >= 15 is 0 Å². The van der Waals surface area contributed by atoms with E-state index in [0.29, 0.717) is 32.2 Å². The summed E-state index contributed by atoms with van der Waals surface area (Å²) in [5.74, 6) is -1.29. The first kappa shape index (κ1) is 29.6. The molecule has 2 aromatic carbocycles. The largest absolute Gasteiger partial charge is 0.465 e. The van der Waals surface area contributed by atoms with Gasteiger partial charge >= 0.3 is 6.09 Å². The Morgan fingerprint density at radius 1 is 1.03 bits per heavy atom. The second-order valence-electron chi connectivity index (χ2n) is 10.5. The lowest BCUT2D eigenvalue weighted by atomic mass is 9.94. The standard InChI is InChI=1S/C29H38N4O6/c1-18(2)15-24(27(36)31-22(10-6-14-34)16-21-12-13-30-26(21)35)32-28(37)25(33-29(38)39)17-20-9-5-8-19-7-3-4-11-23(19)20/h3-5,7-9,11,14,18,21-22,24-25,33H,6,10,12-13,15-17H2,1-2H3,(H,30,35)(H,31,36)(H,32,37)(H,38,39)/t21-,22?,24?,25?/m0/s1. The maximum Gasteiger partial charge on any atom is 0.405 e. The zero-order valence-electron chi connectivity index (χ0n) is 22.4. The topological polar surface area (TPSA) is 154 Å². The zero-order chi connectivity index (χ0) is 28.4. The van der Waals surface area contributed by atoms with Crippen molar-refractivity contribution in [2.75, 3.05) is 6.54 Å². The Morgan fingerprint density at radius 2 is 1.74 bits per heavy atom. The zero-order valence-corrected chi connectivity index (χ0v) is 22.4. The number of rotatable bonds is 14. The van der Waals surface area contributed by atoms with Crippen LogP contribution in [0.5, 0.6) is 0 Å². The summed E-state index contributed by atoms with van der Waals surface area (Å²) in [6.45, 7) is 4.42. The second-order valence-corrected chi connectivity index (χ2v) is 10.5. The average molecular weight is 539 g/mol. The normalized spacial score (nSPS) is 17.2. The summed E-state index contributed by atoms with van der Waals surface area (Å²) in [4.78, 5) is 61.4. The molecule has 10 nitrogen and oxygen atoms in total. The van der Waals surface area contributed by atoms with E-state index < -0.39 is 36.0 Å². The van der Waals surface area contributed by atoms with Crippen LogP contribution in [0.2, 0.25) is 0 Å². The Balaban J connectivity index is 1.76. The van der Waals surface area contributed by atoms with Crippen molar-refractivity contribution in [3.8, 4) is 0 Å². The van der Waals surface area contributed by atoms with E-state index in [1.165, 1.54) is 0 Å². The number of aldehydes is 1. The van der Waals surface area contributed by atoms with Gasteiger partial charge in [0.15, 0.2) is 0 Å². The summed E-state index contributed by atoms with van der Waals surface area (Å²) >= 11 is 0. The van der Waals surface area contributed by atoms with Crippen molar-refractivity contribution in [3.63, 3.8) is 0 Å².